The fraction of sp³-hybridized carbons (Fsp3) is 0.471. The van der Waals surface area contributed by atoms with Crippen molar-refractivity contribution in [1.29, 1.82) is 0 Å². The van der Waals surface area contributed by atoms with Crippen LogP contribution in [0.15, 0.2) is 34.9 Å². The first-order chi connectivity index (χ1) is 10.3. The molecule has 21 heavy (non-hydrogen) atoms. The molecule has 1 aromatic carbocycles. The van der Waals surface area contributed by atoms with Gasteiger partial charge in [-0.05, 0) is 43.5 Å². The maximum Gasteiger partial charge on any atom is 0.0662 e. The Labute approximate surface area is 134 Å². The maximum atomic E-state index is 4.64. The predicted molar refractivity (Wildman–Crippen MR) is 89.4 cm³/mol. The number of nitrogens with one attached hydrogen (secondary N) is 1. The third kappa shape index (κ3) is 3.74. The van der Waals surface area contributed by atoms with Crippen LogP contribution in [0.2, 0.25) is 0 Å². The molecule has 1 aliphatic rings. The van der Waals surface area contributed by atoms with Gasteiger partial charge >= 0.3 is 0 Å². The Hall–Kier alpha value is -1.13. The summed E-state index contributed by atoms with van der Waals surface area (Å²) in [5, 5.41) is 8.14. The van der Waals surface area contributed by atoms with Crippen molar-refractivity contribution < 1.29 is 0 Å². The van der Waals surface area contributed by atoms with Crippen molar-refractivity contribution in [2.45, 2.75) is 45.2 Å². The molecule has 1 fully saturated rings. The van der Waals surface area contributed by atoms with Crippen LogP contribution >= 0.6 is 15.9 Å². The standard InChI is InChI=1S/C17H22BrN3/c1-2-9-19-10-15-11-20-21(17(15)14-5-6-14)12-13-3-7-16(18)8-4-13/h3-4,7-8,11,14,19H,2,5-6,9-10,12H2,1H3. The topological polar surface area (TPSA) is 29.9 Å². The van der Waals surface area contributed by atoms with E-state index in [-0.39, 0.29) is 0 Å². The molecule has 0 spiro atoms. The lowest BCUT2D eigenvalue weighted by molar-refractivity contribution is 0.634. The first kappa shape index (κ1) is 14.8. The van der Waals surface area contributed by atoms with Crippen molar-refractivity contribution in [3.8, 4) is 0 Å². The average molecular weight is 348 g/mol. The normalized spacial score (nSPS) is 14.6. The Morgan fingerprint density at radius 3 is 2.71 bits per heavy atom. The van der Waals surface area contributed by atoms with E-state index in [9.17, 15) is 0 Å². The molecule has 1 aliphatic carbocycles. The van der Waals surface area contributed by atoms with E-state index in [1.807, 2.05) is 0 Å². The van der Waals surface area contributed by atoms with Gasteiger partial charge in [0.05, 0.1) is 12.7 Å². The minimum atomic E-state index is 0.723. The zero-order valence-corrected chi connectivity index (χ0v) is 14.1. The molecule has 0 unspecified atom stereocenters. The molecule has 2 aromatic rings. The zero-order chi connectivity index (χ0) is 14.7. The fourth-order valence-corrected chi connectivity index (χ4v) is 2.95. The summed E-state index contributed by atoms with van der Waals surface area (Å²) in [6, 6.07) is 8.52. The van der Waals surface area contributed by atoms with Crippen molar-refractivity contribution in [1.82, 2.24) is 15.1 Å². The number of halogens is 1. The summed E-state index contributed by atoms with van der Waals surface area (Å²) in [5.74, 6) is 0.723. The van der Waals surface area contributed by atoms with Crippen molar-refractivity contribution in [2.75, 3.05) is 6.54 Å². The molecule has 0 atom stereocenters. The van der Waals surface area contributed by atoms with Gasteiger partial charge < -0.3 is 5.32 Å². The van der Waals surface area contributed by atoms with Crippen molar-refractivity contribution in [2.24, 2.45) is 0 Å². The third-order valence-corrected chi connectivity index (χ3v) is 4.44. The highest BCUT2D eigenvalue weighted by atomic mass is 79.9. The Morgan fingerprint density at radius 1 is 1.29 bits per heavy atom. The van der Waals surface area contributed by atoms with Gasteiger partial charge in [-0.25, -0.2) is 0 Å². The molecule has 0 bridgehead atoms. The fourth-order valence-electron chi connectivity index (χ4n) is 2.69. The number of hydrogen-bond donors (Lipinski definition) is 1. The van der Waals surface area contributed by atoms with Gasteiger partial charge in [0.1, 0.15) is 0 Å². The van der Waals surface area contributed by atoms with E-state index in [0.717, 1.165) is 30.0 Å². The monoisotopic (exact) mass is 347 g/mol. The number of benzene rings is 1. The minimum Gasteiger partial charge on any atom is -0.313 e. The number of rotatable bonds is 7. The molecular weight excluding hydrogens is 326 g/mol. The Morgan fingerprint density at radius 2 is 2.05 bits per heavy atom. The third-order valence-electron chi connectivity index (χ3n) is 3.91. The van der Waals surface area contributed by atoms with Gasteiger partial charge in [0.25, 0.3) is 0 Å². The van der Waals surface area contributed by atoms with Crippen LogP contribution < -0.4 is 5.32 Å². The van der Waals surface area contributed by atoms with Crippen LogP contribution in [0.3, 0.4) is 0 Å². The van der Waals surface area contributed by atoms with E-state index in [1.54, 1.807) is 0 Å². The summed E-state index contributed by atoms with van der Waals surface area (Å²) >= 11 is 3.49. The van der Waals surface area contributed by atoms with Crippen molar-refractivity contribution >= 4 is 15.9 Å². The molecule has 0 aliphatic heterocycles. The highest BCUT2D eigenvalue weighted by Crippen LogP contribution is 2.41. The molecule has 1 aromatic heterocycles. The van der Waals surface area contributed by atoms with Crippen LogP contribution in [-0.4, -0.2) is 16.3 Å². The smallest absolute Gasteiger partial charge is 0.0662 e. The maximum absolute atomic E-state index is 4.64. The molecule has 4 heteroatoms. The Bertz CT molecular complexity index is 585. The summed E-state index contributed by atoms with van der Waals surface area (Å²) in [6.45, 7) is 5.08. The van der Waals surface area contributed by atoms with Gasteiger partial charge in [0.15, 0.2) is 0 Å². The van der Waals surface area contributed by atoms with E-state index in [4.69, 9.17) is 0 Å². The first-order valence-electron chi connectivity index (χ1n) is 7.77. The summed E-state index contributed by atoms with van der Waals surface area (Å²) in [4.78, 5) is 0. The second-order valence-electron chi connectivity index (χ2n) is 5.79. The predicted octanol–water partition coefficient (Wildman–Crippen LogP) is 4.07. The minimum absolute atomic E-state index is 0.723. The largest absolute Gasteiger partial charge is 0.313 e. The number of aromatic nitrogens is 2. The van der Waals surface area contributed by atoms with E-state index < -0.39 is 0 Å². The molecule has 0 radical (unpaired) electrons. The lowest BCUT2D eigenvalue weighted by Gasteiger charge is -2.10. The molecule has 1 N–H and O–H groups in total. The molecule has 0 saturated heterocycles. The molecule has 0 amide bonds. The second kappa shape index (κ2) is 6.75. The van der Waals surface area contributed by atoms with Gasteiger partial charge in [-0.15, -0.1) is 0 Å². The van der Waals surface area contributed by atoms with E-state index >= 15 is 0 Å². The van der Waals surface area contributed by atoms with Crippen LogP contribution in [0.25, 0.3) is 0 Å². The summed E-state index contributed by atoms with van der Waals surface area (Å²) in [6.07, 6.45) is 5.85. The van der Waals surface area contributed by atoms with Crippen LogP contribution in [0, 0.1) is 0 Å². The lowest BCUT2D eigenvalue weighted by atomic mass is 10.1. The van der Waals surface area contributed by atoms with Crippen LogP contribution in [-0.2, 0) is 13.1 Å². The summed E-state index contributed by atoms with van der Waals surface area (Å²) in [7, 11) is 0. The van der Waals surface area contributed by atoms with Crippen molar-refractivity contribution in [3.05, 3.63) is 51.8 Å². The van der Waals surface area contributed by atoms with Gasteiger partial charge in [-0.2, -0.15) is 5.10 Å². The molecular formula is C17H22BrN3. The molecule has 1 saturated carbocycles. The van der Waals surface area contributed by atoms with Crippen LogP contribution in [0.1, 0.15) is 48.9 Å². The lowest BCUT2D eigenvalue weighted by Crippen LogP contribution is -2.15. The van der Waals surface area contributed by atoms with Crippen LogP contribution in [0.4, 0.5) is 0 Å². The van der Waals surface area contributed by atoms with E-state index in [0.29, 0.717) is 0 Å². The van der Waals surface area contributed by atoms with E-state index in [1.165, 1.54) is 36.1 Å². The molecule has 112 valence electrons. The Balaban J connectivity index is 1.76. The number of nitrogens with zero attached hydrogens (tertiary/aromatic N) is 2. The van der Waals surface area contributed by atoms with E-state index in [2.05, 4.69) is 68.4 Å². The van der Waals surface area contributed by atoms with Gasteiger partial charge in [0, 0.05) is 28.2 Å². The SMILES string of the molecule is CCCNCc1cnn(Cc2ccc(Br)cc2)c1C1CC1. The molecule has 3 rings (SSSR count). The van der Waals surface area contributed by atoms with Gasteiger partial charge in [0.2, 0.25) is 0 Å². The average Bonchev–Trinajstić information content (AvgIpc) is 3.25. The zero-order valence-electron chi connectivity index (χ0n) is 12.5. The highest BCUT2D eigenvalue weighted by molar-refractivity contribution is 9.10. The summed E-state index contributed by atoms with van der Waals surface area (Å²) in [5.41, 5.74) is 4.13. The summed E-state index contributed by atoms with van der Waals surface area (Å²) < 4.78 is 3.32. The quantitative estimate of drug-likeness (QED) is 0.765. The van der Waals surface area contributed by atoms with Crippen LogP contribution in [0.5, 0.6) is 0 Å². The molecule has 1 heterocycles. The number of hydrogen-bond acceptors (Lipinski definition) is 2. The first-order valence-corrected chi connectivity index (χ1v) is 8.57. The van der Waals surface area contributed by atoms with Gasteiger partial charge in [-0.1, -0.05) is 35.0 Å². The highest BCUT2D eigenvalue weighted by Gasteiger charge is 2.29. The Kier molecular flexibility index (Phi) is 4.76. The van der Waals surface area contributed by atoms with Crippen molar-refractivity contribution in [3.63, 3.8) is 0 Å². The second-order valence-corrected chi connectivity index (χ2v) is 6.71. The van der Waals surface area contributed by atoms with Gasteiger partial charge in [-0.3, -0.25) is 4.68 Å². The molecule has 3 nitrogen and oxygen atoms in total.